The molecule has 0 saturated carbocycles. The molecule has 0 aliphatic carbocycles. The van der Waals surface area contributed by atoms with E-state index in [1.54, 1.807) is 24.3 Å². The molecular formula is C19H19CoO5. The van der Waals surface area contributed by atoms with Gasteiger partial charge in [-0.25, -0.2) is 0 Å². The van der Waals surface area contributed by atoms with Crippen molar-refractivity contribution in [3.8, 4) is 0 Å². The van der Waals surface area contributed by atoms with E-state index < -0.39 is 5.92 Å². The molecule has 0 aliphatic heterocycles. The summed E-state index contributed by atoms with van der Waals surface area (Å²) in [4.78, 5) is 23.9. The van der Waals surface area contributed by atoms with Crippen LogP contribution in [-0.4, -0.2) is 11.6 Å². The molecule has 5 nitrogen and oxygen atoms in total. The SMILES string of the molecule is [C-]#[O+].[C-]#[O+].[C-]#[O+].[CH2][C](C)[C](C)CC(C(C)=O)C(=O)c1ccccc1.[Co]. The van der Waals surface area contributed by atoms with Crippen molar-refractivity contribution in [3.63, 3.8) is 0 Å². The maximum Gasteiger partial charge on any atom is 0.173 e. The van der Waals surface area contributed by atoms with Crippen LogP contribution in [0, 0.1) is 44.6 Å². The number of ketones is 2. The summed E-state index contributed by atoms with van der Waals surface area (Å²) in [6.45, 7) is 22.6. The maximum atomic E-state index is 12.3. The Morgan fingerprint density at radius 1 is 0.960 bits per heavy atom. The topological polar surface area (TPSA) is 93.8 Å². The van der Waals surface area contributed by atoms with E-state index in [2.05, 4.69) is 26.9 Å². The van der Waals surface area contributed by atoms with Gasteiger partial charge in [0.25, 0.3) is 0 Å². The van der Waals surface area contributed by atoms with Crippen LogP contribution in [0.3, 0.4) is 0 Å². The fourth-order valence-corrected chi connectivity index (χ4v) is 1.71. The summed E-state index contributed by atoms with van der Waals surface area (Å²) >= 11 is 0. The first-order valence-corrected chi connectivity index (χ1v) is 6.62. The molecule has 1 rings (SSSR count). The Balaban J connectivity index is -0.000000284. The molecule has 1 aromatic rings. The van der Waals surface area contributed by atoms with Gasteiger partial charge in [-0.05, 0) is 32.1 Å². The molecule has 0 spiro atoms. The second kappa shape index (κ2) is 20.3. The van der Waals surface area contributed by atoms with E-state index in [0.717, 1.165) is 11.8 Å². The Labute approximate surface area is 159 Å². The van der Waals surface area contributed by atoms with Gasteiger partial charge in [-0.1, -0.05) is 44.2 Å². The molecule has 1 atom stereocenters. The first-order chi connectivity index (χ1) is 11.4. The molecule has 0 bridgehead atoms. The minimum Gasteiger partial charge on any atom is -0.299 e. The molecular weight excluding hydrogens is 367 g/mol. The monoisotopic (exact) mass is 386 g/mol. The van der Waals surface area contributed by atoms with E-state index in [1.165, 1.54) is 6.92 Å². The Kier molecular flexibility index (Phi) is 25.3. The fraction of sp³-hybridized carbons (Fsp3) is 0.263. The molecule has 4 radical (unpaired) electrons. The molecule has 6 heteroatoms. The Bertz CT molecular complexity index is 517. The normalized spacial score (nSPS) is 9.44. The van der Waals surface area contributed by atoms with Crippen LogP contribution in [0.1, 0.15) is 37.6 Å². The number of Topliss-reactive ketones (excluding diaryl/α,β-unsaturated/α-hetero) is 2. The van der Waals surface area contributed by atoms with Crippen LogP contribution in [0.2, 0.25) is 0 Å². The van der Waals surface area contributed by atoms with E-state index >= 15 is 0 Å². The van der Waals surface area contributed by atoms with Crippen LogP contribution in [-0.2, 0) is 35.5 Å². The minimum atomic E-state index is -0.593. The zero-order valence-electron chi connectivity index (χ0n) is 14.3. The predicted octanol–water partition coefficient (Wildman–Crippen LogP) is 3.37. The van der Waals surface area contributed by atoms with E-state index in [-0.39, 0.29) is 28.3 Å². The van der Waals surface area contributed by atoms with Gasteiger partial charge in [0.2, 0.25) is 0 Å². The van der Waals surface area contributed by atoms with Crippen molar-refractivity contribution in [2.45, 2.75) is 27.2 Å². The van der Waals surface area contributed by atoms with E-state index in [9.17, 15) is 9.59 Å². The molecule has 0 fully saturated rings. The second-order valence-corrected chi connectivity index (χ2v) is 4.66. The summed E-state index contributed by atoms with van der Waals surface area (Å²) in [7, 11) is 0. The largest absolute Gasteiger partial charge is 0.299 e. The Morgan fingerprint density at radius 2 is 1.36 bits per heavy atom. The Hall–Kier alpha value is -1.71. The number of carbonyl (C=O) groups excluding carboxylic acids is 2. The molecule has 0 aromatic heterocycles. The van der Waals surface area contributed by atoms with Crippen LogP contribution in [0.15, 0.2) is 30.3 Å². The summed E-state index contributed by atoms with van der Waals surface area (Å²) in [6, 6.07) is 8.95. The van der Waals surface area contributed by atoms with Gasteiger partial charge in [0.15, 0.2) is 5.78 Å². The molecule has 1 aromatic carbocycles. The van der Waals surface area contributed by atoms with Crippen molar-refractivity contribution in [1.29, 1.82) is 0 Å². The van der Waals surface area contributed by atoms with Crippen molar-refractivity contribution in [3.05, 3.63) is 74.6 Å². The maximum absolute atomic E-state index is 12.3. The summed E-state index contributed by atoms with van der Waals surface area (Å²) in [5, 5.41) is 0. The third-order valence-electron chi connectivity index (χ3n) is 3.10. The third-order valence-corrected chi connectivity index (χ3v) is 3.10. The van der Waals surface area contributed by atoms with Crippen molar-refractivity contribution in [2.24, 2.45) is 5.92 Å². The molecule has 0 heterocycles. The van der Waals surface area contributed by atoms with Crippen LogP contribution < -0.4 is 0 Å². The second-order valence-electron chi connectivity index (χ2n) is 4.66. The standard InChI is InChI=1S/C16H19O2.3CO.Co/c1-11(2)12(3)10-15(13(4)17)16(18)14-8-6-5-7-9-14;3*1-2;/h5-9,15H,1,10H2,2-4H3;;;;. The minimum absolute atomic E-state index is 0. The Morgan fingerprint density at radius 3 is 1.68 bits per heavy atom. The number of benzene rings is 1. The van der Waals surface area contributed by atoms with Gasteiger partial charge < -0.3 is 0 Å². The molecule has 1 unspecified atom stereocenters. The zero-order valence-corrected chi connectivity index (χ0v) is 15.3. The summed E-state index contributed by atoms with van der Waals surface area (Å²) in [5.74, 6) is 1.12. The predicted molar refractivity (Wildman–Crippen MR) is 84.5 cm³/mol. The van der Waals surface area contributed by atoms with E-state index in [1.807, 2.05) is 19.9 Å². The molecule has 0 amide bonds. The summed E-state index contributed by atoms with van der Waals surface area (Å²) < 4.78 is 22.5. The van der Waals surface area contributed by atoms with Crippen LogP contribution in [0.5, 0.6) is 0 Å². The average molecular weight is 386 g/mol. The van der Waals surface area contributed by atoms with Crippen molar-refractivity contribution >= 4 is 11.6 Å². The van der Waals surface area contributed by atoms with Gasteiger partial charge in [-0.3, -0.25) is 9.59 Å². The molecule has 0 saturated heterocycles. The summed E-state index contributed by atoms with van der Waals surface area (Å²) in [5.41, 5.74) is 0.590. The van der Waals surface area contributed by atoms with Crippen LogP contribution in [0.4, 0.5) is 0 Å². The van der Waals surface area contributed by atoms with Gasteiger partial charge in [0.05, 0.1) is 5.92 Å². The molecule has 134 valence electrons. The number of hydrogen-bond acceptors (Lipinski definition) is 2. The third kappa shape index (κ3) is 13.3. The van der Waals surface area contributed by atoms with Gasteiger partial charge in [-0.2, -0.15) is 0 Å². The van der Waals surface area contributed by atoms with Gasteiger partial charge >= 0.3 is 33.9 Å². The van der Waals surface area contributed by atoms with Gasteiger partial charge in [-0.15, -0.1) is 0 Å². The first kappa shape index (κ1) is 31.1. The fourth-order valence-electron chi connectivity index (χ4n) is 1.71. The quantitative estimate of drug-likeness (QED) is 0.324. The van der Waals surface area contributed by atoms with E-state index in [0.29, 0.717) is 12.0 Å². The van der Waals surface area contributed by atoms with Gasteiger partial charge in [0, 0.05) is 22.3 Å². The zero-order chi connectivity index (χ0) is 19.7. The first-order valence-electron chi connectivity index (χ1n) is 6.62. The number of hydrogen-bond donors (Lipinski definition) is 0. The number of carbonyl (C=O) groups is 2. The van der Waals surface area contributed by atoms with Crippen LogP contribution in [0.25, 0.3) is 0 Å². The number of rotatable bonds is 6. The van der Waals surface area contributed by atoms with Crippen molar-refractivity contribution < 1.29 is 40.3 Å². The molecule has 0 N–H and O–H groups in total. The van der Waals surface area contributed by atoms with E-state index in [4.69, 9.17) is 14.0 Å². The smallest absolute Gasteiger partial charge is 0.173 e. The van der Waals surface area contributed by atoms with Crippen LogP contribution >= 0.6 is 0 Å². The summed E-state index contributed by atoms with van der Waals surface area (Å²) in [6.07, 6.45) is 0.457. The van der Waals surface area contributed by atoms with Crippen molar-refractivity contribution in [2.75, 3.05) is 0 Å². The van der Waals surface area contributed by atoms with Gasteiger partial charge in [0.1, 0.15) is 5.78 Å². The molecule has 25 heavy (non-hydrogen) atoms. The molecule has 0 aliphatic rings. The average Bonchev–Trinajstić information content (AvgIpc) is 2.64. The van der Waals surface area contributed by atoms with Crippen molar-refractivity contribution in [1.82, 2.24) is 0 Å².